The third-order valence-corrected chi connectivity index (χ3v) is 5.86. The van der Waals surface area contributed by atoms with Crippen molar-refractivity contribution in [3.63, 3.8) is 0 Å². The van der Waals surface area contributed by atoms with Gasteiger partial charge in [0, 0.05) is 12.8 Å². The summed E-state index contributed by atoms with van der Waals surface area (Å²) in [5.41, 5.74) is 0. The summed E-state index contributed by atoms with van der Waals surface area (Å²) in [6.07, 6.45) is 1.54. The van der Waals surface area contributed by atoms with Crippen molar-refractivity contribution in [3.05, 3.63) is 10.0 Å². The van der Waals surface area contributed by atoms with Gasteiger partial charge in [0.15, 0.2) is 0 Å². The first-order valence-electron chi connectivity index (χ1n) is 7.05. The number of aryl methyl sites for hydroxylation is 2. The summed E-state index contributed by atoms with van der Waals surface area (Å²) in [5.74, 6) is 0.968. The van der Waals surface area contributed by atoms with Gasteiger partial charge in [-0.05, 0) is 11.5 Å². The predicted octanol–water partition coefficient (Wildman–Crippen LogP) is 2.26. The third kappa shape index (κ3) is 7.40. The van der Waals surface area contributed by atoms with Crippen LogP contribution in [0.4, 0.5) is 10.3 Å². The largest absolute Gasteiger partial charge is 0.299 e. The number of halogens is 2. The molecule has 0 atom stereocenters. The Bertz CT molecular complexity index is 652. The minimum absolute atomic E-state index is 0.104. The molecule has 0 aliphatic carbocycles. The number of nitrogens with zero attached hydrogens (tertiary/aromatic N) is 4. The van der Waals surface area contributed by atoms with Gasteiger partial charge in [-0.3, -0.25) is 20.2 Å². The average Bonchev–Trinajstić information content (AvgIpc) is 3.24. The van der Waals surface area contributed by atoms with E-state index in [-0.39, 0.29) is 23.6 Å². The first-order chi connectivity index (χ1) is 12.1. The van der Waals surface area contributed by atoms with E-state index in [0.717, 1.165) is 34.4 Å². The highest BCUT2D eigenvalue weighted by Crippen LogP contribution is 2.19. The van der Waals surface area contributed by atoms with Crippen molar-refractivity contribution in [2.45, 2.75) is 12.8 Å². The molecule has 2 heterocycles. The van der Waals surface area contributed by atoms with Gasteiger partial charge in [0.05, 0.1) is 0 Å². The average molecular weight is 441 g/mol. The second-order valence-electron chi connectivity index (χ2n) is 4.48. The zero-order chi connectivity index (χ0) is 18.1. The summed E-state index contributed by atoms with van der Waals surface area (Å²) in [6, 6.07) is 0. The molecule has 0 aliphatic heterocycles. The number of aromatic nitrogens is 4. The maximum atomic E-state index is 11.2. The molecule has 2 aromatic heterocycles. The van der Waals surface area contributed by atoms with E-state index in [1.165, 1.54) is 22.7 Å². The topological polar surface area (TPSA) is 110 Å². The van der Waals surface area contributed by atoms with E-state index in [1.54, 1.807) is 11.8 Å². The highest BCUT2D eigenvalue weighted by Gasteiger charge is 2.09. The van der Waals surface area contributed by atoms with Crippen molar-refractivity contribution in [2.24, 2.45) is 0 Å². The minimum atomic E-state index is -0.294. The van der Waals surface area contributed by atoms with Gasteiger partial charge in [-0.2, -0.15) is 11.8 Å². The lowest BCUT2D eigenvalue weighted by Crippen LogP contribution is -2.12. The van der Waals surface area contributed by atoms with Crippen molar-refractivity contribution in [2.75, 3.05) is 33.9 Å². The number of rotatable bonds is 10. The first-order valence-corrected chi connectivity index (χ1v) is 10.9. The summed E-state index contributed by atoms with van der Waals surface area (Å²) in [5, 5.41) is 23.6. The second-order valence-corrected chi connectivity index (χ2v) is 8.36. The molecule has 0 fully saturated rings. The maximum absolute atomic E-state index is 11.2. The highest BCUT2D eigenvalue weighted by atomic mass is 35.5. The van der Waals surface area contributed by atoms with Crippen molar-refractivity contribution in [1.82, 2.24) is 20.4 Å². The van der Waals surface area contributed by atoms with Gasteiger partial charge in [0.1, 0.15) is 21.8 Å². The van der Waals surface area contributed by atoms with Crippen LogP contribution in [0.1, 0.15) is 10.0 Å². The molecular weight excluding hydrogens is 427 g/mol. The Morgan fingerprint density at radius 2 is 1.28 bits per heavy atom. The molecule has 0 aromatic carbocycles. The molecule has 2 aromatic rings. The molecule has 0 unspecified atom stereocenters. The molecule has 0 aliphatic rings. The zero-order valence-corrected chi connectivity index (χ0v) is 16.8. The predicted molar refractivity (Wildman–Crippen MR) is 103 cm³/mol. The van der Waals surface area contributed by atoms with Crippen molar-refractivity contribution >= 4 is 79.7 Å². The molecule has 2 rings (SSSR count). The molecule has 0 spiro atoms. The zero-order valence-electron chi connectivity index (χ0n) is 12.8. The van der Waals surface area contributed by atoms with Gasteiger partial charge < -0.3 is 0 Å². The number of carbonyl (C=O) groups excluding carboxylic acids is 2. The number of alkyl halides is 2. The molecule has 8 nitrogen and oxygen atoms in total. The van der Waals surface area contributed by atoms with E-state index >= 15 is 0 Å². The van der Waals surface area contributed by atoms with Crippen LogP contribution in [-0.2, 0) is 22.4 Å². The van der Waals surface area contributed by atoms with E-state index in [2.05, 4.69) is 31.0 Å². The SMILES string of the molecule is O=C(CCl)Nc1nnc(CCSCCc2nnc(NC(=O)CCl)s2)s1. The van der Waals surface area contributed by atoms with Gasteiger partial charge >= 0.3 is 0 Å². The number of hydrogen-bond acceptors (Lipinski definition) is 9. The van der Waals surface area contributed by atoms with E-state index in [0.29, 0.717) is 10.3 Å². The van der Waals surface area contributed by atoms with Gasteiger partial charge in [-0.25, -0.2) is 0 Å². The number of anilines is 2. The van der Waals surface area contributed by atoms with Gasteiger partial charge in [-0.15, -0.1) is 43.6 Å². The molecule has 136 valence electrons. The summed E-state index contributed by atoms with van der Waals surface area (Å²) in [6.45, 7) is 0. The normalized spacial score (nSPS) is 10.6. The van der Waals surface area contributed by atoms with E-state index in [1.807, 2.05) is 0 Å². The van der Waals surface area contributed by atoms with Gasteiger partial charge in [0.2, 0.25) is 22.1 Å². The summed E-state index contributed by atoms with van der Waals surface area (Å²) < 4.78 is 0. The van der Waals surface area contributed by atoms with Crippen LogP contribution in [0.25, 0.3) is 0 Å². The summed E-state index contributed by atoms with van der Waals surface area (Å²) in [7, 11) is 0. The Balaban J connectivity index is 1.63. The Kier molecular flexibility index (Phi) is 8.82. The molecule has 2 N–H and O–H groups in total. The monoisotopic (exact) mass is 440 g/mol. The van der Waals surface area contributed by atoms with Gasteiger partial charge in [-0.1, -0.05) is 22.7 Å². The lowest BCUT2D eigenvalue weighted by Gasteiger charge is -1.97. The van der Waals surface area contributed by atoms with Gasteiger partial charge in [0.25, 0.3) is 0 Å². The number of carbonyl (C=O) groups is 2. The van der Waals surface area contributed by atoms with Crippen molar-refractivity contribution in [3.8, 4) is 0 Å². The van der Waals surface area contributed by atoms with E-state index < -0.39 is 0 Å². The Labute approximate surface area is 166 Å². The maximum Gasteiger partial charge on any atom is 0.241 e. The molecule has 0 bridgehead atoms. The number of thioether (sulfide) groups is 1. The van der Waals surface area contributed by atoms with Crippen LogP contribution >= 0.6 is 57.6 Å². The molecule has 25 heavy (non-hydrogen) atoms. The second kappa shape index (κ2) is 10.9. The quantitative estimate of drug-likeness (QED) is 0.430. The van der Waals surface area contributed by atoms with Crippen LogP contribution in [0.15, 0.2) is 0 Å². The van der Waals surface area contributed by atoms with Crippen LogP contribution in [0.2, 0.25) is 0 Å². The van der Waals surface area contributed by atoms with Crippen LogP contribution in [0, 0.1) is 0 Å². The molecule has 2 amide bonds. The number of amides is 2. The first kappa shape index (κ1) is 20.3. The summed E-state index contributed by atoms with van der Waals surface area (Å²) >= 11 is 15.3. The number of hydrogen-bond donors (Lipinski definition) is 2. The van der Waals surface area contributed by atoms with Crippen LogP contribution in [-0.4, -0.2) is 55.5 Å². The van der Waals surface area contributed by atoms with Crippen LogP contribution in [0.5, 0.6) is 0 Å². The number of nitrogens with one attached hydrogen (secondary N) is 2. The Morgan fingerprint density at radius 1 is 0.840 bits per heavy atom. The van der Waals surface area contributed by atoms with Crippen LogP contribution < -0.4 is 10.6 Å². The molecule has 0 radical (unpaired) electrons. The van der Waals surface area contributed by atoms with E-state index in [4.69, 9.17) is 23.2 Å². The third-order valence-electron chi connectivity index (χ3n) is 2.59. The lowest BCUT2D eigenvalue weighted by atomic mass is 10.5. The fourth-order valence-electron chi connectivity index (χ4n) is 1.54. The van der Waals surface area contributed by atoms with E-state index in [9.17, 15) is 9.59 Å². The van der Waals surface area contributed by atoms with Crippen molar-refractivity contribution in [1.29, 1.82) is 0 Å². The highest BCUT2D eigenvalue weighted by molar-refractivity contribution is 7.99. The van der Waals surface area contributed by atoms with Crippen LogP contribution in [0.3, 0.4) is 0 Å². The molecule has 0 saturated carbocycles. The summed E-state index contributed by atoms with van der Waals surface area (Å²) in [4.78, 5) is 22.3. The smallest absolute Gasteiger partial charge is 0.241 e. The Morgan fingerprint density at radius 3 is 1.68 bits per heavy atom. The minimum Gasteiger partial charge on any atom is -0.299 e. The molecule has 13 heteroatoms. The standard InChI is InChI=1S/C12H14Cl2N6O2S3/c13-5-7(21)15-11-19-17-9(24-11)1-3-23-4-2-10-18-20-12(25-10)16-8(22)6-14/h1-6H2,(H,15,19,21)(H,16,20,22). The molecule has 0 saturated heterocycles. The van der Waals surface area contributed by atoms with Crippen molar-refractivity contribution < 1.29 is 9.59 Å². The molecular formula is C12H14Cl2N6O2S3. The Hall–Kier alpha value is -1.01. The fraction of sp³-hybridized carbons (Fsp3) is 0.500. The fourth-order valence-corrected chi connectivity index (χ4v) is 4.32. The lowest BCUT2D eigenvalue weighted by molar-refractivity contribution is -0.114.